The van der Waals surface area contributed by atoms with Crippen molar-refractivity contribution in [2.45, 2.75) is 39.2 Å². The Balaban J connectivity index is 2.52. The first-order valence-electron chi connectivity index (χ1n) is 7.07. The van der Waals surface area contributed by atoms with E-state index in [1.807, 2.05) is 38.1 Å². The van der Waals surface area contributed by atoms with Crippen molar-refractivity contribution in [3.8, 4) is 5.75 Å². The largest absolute Gasteiger partial charge is 0.491 e. The van der Waals surface area contributed by atoms with Gasteiger partial charge in [-0.1, -0.05) is 19.1 Å². The Bertz CT molecular complexity index is 410. The number of para-hydroxylation sites is 2. The van der Waals surface area contributed by atoms with Crippen molar-refractivity contribution in [1.29, 1.82) is 0 Å². The molecule has 0 spiro atoms. The van der Waals surface area contributed by atoms with Gasteiger partial charge < -0.3 is 20.5 Å². The van der Waals surface area contributed by atoms with Crippen molar-refractivity contribution in [3.63, 3.8) is 0 Å². The number of ether oxygens (including phenoxy) is 1. The molecular weight excluding hydrogens is 256 g/mol. The van der Waals surface area contributed by atoms with Crippen LogP contribution in [0, 0.1) is 0 Å². The highest BCUT2D eigenvalue weighted by atomic mass is 16.5. The molecule has 112 valence electrons. The number of carbonyl (C=O) groups is 1. The van der Waals surface area contributed by atoms with E-state index in [-0.39, 0.29) is 18.7 Å². The van der Waals surface area contributed by atoms with Crippen LogP contribution >= 0.6 is 0 Å². The van der Waals surface area contributed by atoms with Gasteiger partial charge in [0.1, 0.15) is 5.75 Å². The lowest BCUT2D eigenvalue weighted by atomic mass is 10.2. The molecular formula is C15H24N2O3. The topological polar surface area (TPSA) is 70.6 Å². The summed E-state index contributed by atoms with van der Waals surface area (Å²) in [5.41, 5.74) is 0.660. The Kier molecular flexibility index (Phi) is 7.50. The summed E-state index contributed by atoms with van der Waals surface area (Å²) in [6, 6.07) is 7.12. The molecule has 0 fully saturated rings. The van der Waals surface area contributed by atoms with E-state index in [1.165, 1.54) is 0 Å². The van der Waals surface area contributed by atoms with Crippen molar-refractivity contribution < 1.29 is 14.6 Å². The fourth-order valence-electron chi connectivity index (χ4n) is 1.76. The maximum absolute atomic E-state index is 11.9. The third-order valence-electron chi connectivity index (χ3n) is 2.77. The van der Waals surface area contributed by atoms with Crippen LogP contribution in [0.5, 0.6) is 5.75 Å². The minimum atomic E-state index is -0.261. The second-order valence-corrected chi connectivity index (χ2v) is 4.71. The van der Waals surface area contributed by atoms with Gasteiger partial charge in [0.05, 0.1) is 12.3 Å². The monoisotopic (exact) mass is 280 g/mol. The van der Waals surface area contributed by atoms with E-state index in [4.69, 9.17) is 9.84 Å². The molecule has 0 aromatic heterocycles. The van der Waals surface area contributed by atoms with Gasteiger partial charge in [-0.3, -0.25) is 0 Å². The Labute approximate surface area is 120 Å². The summed E-state index contributed by atoms with van der Waals surface area (Å²) < 4.78 is 5.58. The second kappa shape index (κ2) is 9.20. The minimum Gasteiger partial charge on any atom is -0.491 e. The van der Waals surface area contributed by atoms with Gasteiger partial charge >= 0.3 is 6.03 Å². The van der Waals surface area contributed by atoms with Crippen molar-refractivity contribution in [3.05, 3.63) is 24.3 Å². The van der Waals surface area contributed by atoms with E-state index >= 15 is 0 Å². The summed E-state index contributed by atoms with van der Waals surface area (Å²) in [5.74, 6) is 0.674. The van der Waals surface area contributed by atoms with Crippen LogP contribution in [0.4, 0.5) is 10.5 Å². The molecule has 5 nitrogen and oxygen atoms in total. The lowest BCUT2D eigenvalue weighted by molar-refractivity contribution is 0.245. The van der Waals surface area contributed by atoms with E-state index in [0.29, 0.717) is 24.5 Å². The SMILES string of the molecule is CCCOc1ccccc1NC(=O)NC(C)CCCO. The molecule has 1 atom stereocenters. The molecule has 0 aliphatic carbocycles. The zero-order valence-corrected chi connectivity index (χ0v) is 12.2. The van der Waals surface area contributed by atoms with Gasteiger partial charge in [-0.2, -0.15) is 0 Å². The highest BCUT2D eigenvalue weighted by Gasteiger charge is 2.09. The first-order chi connectivity index (χ1) is 9.67. The molecule has 3 N–H and O–H groups in total. The van der Waals surface area contributed by atoms with Crippen LogP contribution in [0.1, 0.15) is 33.1 Å². The number of urea groups is 1. The van der Waals surface area contributed by atoms with Gasteiger partial charge in [0.25, 0.3) is 0 Å². The number of rotatable bonds is 8. The maximum atomic E-state index is 11.9. The number of nitrogens with one attached hydrogen (secondary N) is 2. The lowest BCUT2D eigenvalue weighted by Crippen LogP contribution is -2.36. The molecule has 1 unspecified atom stereocenters. The number of amides is 2. The smallest absolute Gasteiger partial charge is 0.319 e. The van der Waals surface area contributed by atoms with Crippen LogP contribution in [0.15, 0.2) is 24.3 Å². The molecule has 0 bridgehead atoms. The van der Waals surface area contributed by atoms with E-state index in [9.17, 15) is 4.79 Å². The first kappa shape index (κ1) is 16.3. The summed E-state index contributed by atoms with van der Waals surface area (Å²) in [6.07, 6.45) is 2.34. The maximum Gasteiger partial charge on any atom is 0.319 e. The van der Waals surface area contributed by atoms with Crippen LogP contribution in [-0.2, 0) is 0 Å². The van der Waals surface area contributed by atoms with E-state index < -0.39 is 0 Å². The molecule has 1 rings (SSSR count). The Morgan fingerprint density at radius 2 is 2.15 bits per heavy atom. The third-order valence-corrected chi connectivity index (χ3v) is 2.77. The average molecular weight is 280 g/mol. The van der Waals surface area contributed by atoms with Gasteiger partial charge in [-0.15, -0.1) is 0 Å². The van der Waals surface area contributed by atoms with E-state index in [0.717, 1.165) is 12.8 Å². The van der Waals surface area contributed by atoms with Gasteiger partial charge in [0.15, 0.2) is 0 Å². The molecule has 20 heavy (non-hydrogen) atoms. The number of benzene rings is 1. The van der Waals surface area contributed by atoms with Gasteiger partial charge in [0, 0.05) is 12.6 Å². The summed E-state index contributed by atoms with van der Waals surface area (Å²) in [5, 5.41) is 14.4. The van der Waals surface area contributed by atoms with Crippen molar-refractivity contribution in [2.24, 2.45) is 0 Å². The van der Waals surface area contributed by atoms with Crippen LogP contribution < -0.4 is 15.4 Å². The van der Waals surface area contributed by atoms with Crippen molar-refractivity contribution >= 4 is 11.7 Å². The van der Waals surface area contributed by atoms with Crippen LogP contribution in [0.3, 0.4) is 0 Å². The summed E-state index contributed by atoms with van der Waals surface area (Å²) in [4.78, 5) is 11.9. The molecule has 1 aromatic rings. The van der Waals surface area contributed by atoms with Crippen LogP contribution in [0.25, 0.3) is 0 Å². The van der Waals surface area contributed by atoms with Gasteiger partial charge in [0.2, 0.25) is 0 Å². The fraction of sp³-hybridized carbons (Fsp3) is 0.533. The number of aliphatic hydroxyl groups excluding tert-OH is 1. The van der Waals surface area contributed by atoms with Crippen molar-refractivity contribution in [2.75, 3.05) is 18.5 Å². The standard InChI is InChI=1S/C15H24N2O3/c1-3-11-20-14-9-5-4-8-13(14)17-15(19)16-12(2)7-6-10-18/h4-5,8-9,12,18H,3,6-7,10-11H2,1-2H3,(H2,16,17,19). The zero-order chi connectivity index (χ0) is 14.8. The number of aliphatic hydroxyl groups is 1. The zero-order valence-electron chi connectivity index (χ0n) is 12.2. The summed E-state index contributed by atoms with van der Waals surface area (Å²) >= 11 is 0. The van der Waals surface area contributed by atoms with Crippen LogP contribution in [-0.4, -0.2) is 30.4 Å². The molecule has 2 amide bonds. The molecule has 0 radical (unpaired) electrons. The van der Waals surface area contributed by atoms with Crippen LogP contribution in [0.2, 0.25) is 0 Å². The second-order valence-electron chi connectivity index (χ2n) is 4.71. The highest BCUT2D eigenvalue weighted by Crippen LogP contribution is 2.23. The molecule has 0 aliphatic heterocycles. The molecule has 5 heteroatoms. The average Bonchev–Trinajstić information content (AvgIpc) is 2.44. The number of hydrogen-bond acceptors (Lipinski definition) is 3. The molecule has 0 saturated carbocycles. The van der Waals surface area contributed by atoms with Gasteiger partial charge in [-0.05, 0) is 38.3 Å². The number of anilines is 1. The minimum absolute atomic E-state index is 0.0193. The fourth-order valence-corrected chi connectivity index (χ4v) is 1.76. The quantitative estimate of drug-likeness (QED) is 0.685. The number of carbonyl (C=O) groups excluding carboxylic acids is 1. The van der Waals surface area contributed by atoms with E-state index in [1.54, 1.807) is 0 Å². The predicted molar refractivity (Wildman–Crippen MR) is 80.2 cm³/mol. The third kappa shape index (κ3) is 5.93. The molecule has 0 heterocycles. The summed E-state index contributed by atoms with van der Waals surface area (Å²) in [7, 11) is 0. The predicted octanol–water partition coefficient (Wildman–Crippen LogP) is 2.76. The first-order valence-corrected chi connectivity index (χ1v) is 7.07. The normalized spacial score (nSPS) is 11.8. The van der Waals surface area contributed by atoms with Crippen molar-refractivity contribution in [1.82, 2.24) is 5.32 Å². The van der Waals surface area contributed by atoms with Gasteiger partial charge in [-0.25, -0.2) is 4.79 Å². The molecule has 0 aliphatic rings. The molecule has 1 aromatic carbocycles. The molecule has 0 saturated heterocycles. The van der Waals surface area contributed by atoms with E-state index in [2.05, 4.69) is 10.6 Å². The lowest BCUT2D eigenvalue weighted by Gasteiger charge is -2.16. The Morgan fingerprint density at radius 3 is 2.85 bits per heavy atom. The number of hydrogen-bond donors (Lipinski definition) is 3. The summed E-state index contributed by atoms with van der Waals surface area (Å²) in [6.45, 7) is 4.70. The Hall–Kier alpha value is -1.75. The Morgan fingerprint density at radius 1 is 1.40 bits per heavy atom. The highest BCUT2D eigenvalue weighted by molar-refractivity contribution is 5.91.